The van der Waals surface area contributed by atoms with Crippen LogP contribution in [0.3, 0.4) is 0 Å². The summed E-state index contributed by atoms with van der Waals surface area (Å²) in [6.45, 7) is 8.84. The van der Waals surface area contributed by atoms with Gasteiger partial charge in [-0.05, 0) is 74.5 Å². The third-order valence-corrected chi connectivity index (χ3v) is 6.76. The Labute approximate surface area is 158 Å². The molecule has 0 spiro atoms. The lowest BCUT2D eigenvalue weighted by molar-refractivity contribution is -0.149. The van der Waals surface area contributed by atoms with Crippen molar-refractivity contribution < 1.29 is 4.79 Å². The lowest BCUT2D eigenvalue weighted by Crippen LogP contribution is -2.65. The fraction of sp³-hybridized carbons (Fsp3) is 0.727. The molecule has 0 aromatic carbocycles. The third kappa shape index (κ3) is 3.35. The summed E-state index contributed by atoms with van der Waals surface area (Å²) in [5, 5.41) is 0. The second-order valence-corrected chi connectivity index (χ2v) is 9.15. The van der Waals surface area contributed by atoms with Crippen LogP contribution in [0.25, 0.3) is 0 Å². The molecule has 1 amide bonds. The monoisotopic (exact) mass is 355 g/mol. The fourth-order valence-electron chi connectivity index (χ4n) is 5.53. The minimum atomic E-state index is 0.423. The van der Waals surface area contributed by atoms with E-state index >= 15 is 0 Å². The number of hydrogen-bond donors (Lipinski definition) is 0. The topological polar surface area (TPSA) is 36.4 Å². The number of carbonyl (C=O) groups is 1. The van der Waals surface area contributed by atoms with Gasteiger partial charge in [-0.3, -0.25) is 4.79 Å². The molecule has 1 aromatic heterocycles. The Morgan fingerprint density at radius 2 is 2.08 bits per heavy atom. The number of piperidine rings is 3. The average molecular weight is 356 g/mol. The number of anilines is 1. The number of carbonyl (C=O) groups excluding carboxylic acids is 1. The minimum Gasteiger partial charge on any atom is -0.356 e. The minimum absolute atomic E-state index is 0.423. The first-order valence-corrected chi connectivity index (χ1v) is 10.5. The third-order valence-electron chi connectivity index (χ3n) is 6.76. The molecule has 0 saturated carbocycles. The van der Waals surface area contributed by atoms with Gasteiger partial charge in [0.15, 0.2) is 0 Å². The molecule has 0 aliphatic carbocycles. The maximum absolute atomic E-state index is 12.8. The first kappa shape index (κ1) is 17.8. The maximum atomic E-state index is 12.8. The van der Waals surface area contributed by atoms with E-state index in [4.69, 9.17) is 0 Å². The van der Waals surface area contributed by atoms with Crippen molar-refractivity contribution in [2.45, 2.75) is 71.4 Å². The molecular formula is C22H33N3O. The highest BCUT2D eigenvalue weighted by atomic mass is 16.2. The van der Waals surface area contributed by atoms with Crippen molar-refractivity contribution in [1.82, 2.24) is 9.88 Å². The molecule has 3 saturated heterocycles. The van der Waals surface area contributed by atoms with Crippen LogP contribution in [0.4, 0.5) is 5.82 Å². The molecule has 0 radical (unpaired) electrons. The van der Waals surface area contributed by atoms with E-state index in [1.165, 1.54) is 24.8 Å². The van der Waals surface area contributed by atoms with Crippen molar-refractivity contribution >= 4 is 11.7 Å². The van der Waals surface area contributed by atoms with Crippen molar-refractivity contribution in [3.05, 3.63) is 23.9 Å². The molecule has 2 bridgehead atoms. The van der Waals surface area contributed by atoms with Crippen molar-refractivity contribution in [3.8, 4) is 0 Å². The summed E-state index contributed by atoms with van der Waals surface area (Å²) in [4.78, 5) is 22.3. The Kier molecular flexibility index (Phi) is 4.94. The van der Waals surface area contributed by atoms with Gasteiger partial charge in [-0.15, -0.1) is 0 Å². The molecule has 4 heterocycles. The standard InChI is InChI=1S/C22H33N3O/c1-15(2)7-8-20-18-12-17(19-5-4-6-22(26)25(19)20)13-24(14-18)21-11-16(3)9-10-23-21/h9-11,15,17-20H,4-8,12-14H2,1-3H3/t17-,18+,19+,20+/m1/s1. The summed E-state index contributed by atoms with van der Waals surface area (Å²) < 4.78 is 0. The molecule has 0 N–H and O–H groups in total. The summed E-state index contributed by atoms with van der Waals surface area (Å²) in [6.07, 6.45) is 8.62. The molecule has 142 valence electrons. The molecule has 4 rings (SSSR count). The number of fused-ring (bicyclic) bond motifs is 4. The number of hydrogen-bond acceptors (Lipinski definition) is 3. The second kappa shape index (κ2) is 7.21. The van der Waals surface area contributed by atoms with Crippen LogP contribution < -0.4 is 4.90 Å². The van der Waals surface area contributed by atoms with E-state index in [0.717, 1.165) is 38.2 Å². The molecule has 4 nitrogen and oxygen atoms in total. The maximum Gasteiger partial charge on any atom is 0.223 e. The average Bonchev–Trinajstić information content (AvgIpc) is 2.62. The summed E-state index contributed by atoms with van der Waals surface area (Å²) in [5.74, 6) is 3.44. The first-order chi connectivity index (χ1) is 12.5. The normalized spacial score (nSPS) is 31.3. The number of rotatable bonds is 4. The largest absolute Gasteiger partial charge is 0.356 e. The van der Waals surface area contributed by atoms with Crippen molar-refractivity contribution in [3.63, 3.8) is 0 Å². The van der Waals surface area contributed by atoms with Gasteiger partial charge in [-0.25, -0.2) is 4.98 Å². The van der Waals surface area contributed by atoms with Gasteiger partial charge in [0.2, 0.25) is 5.91 Å². The van der Waals surface area contributed by atoms with Gasteiger partial charge < -0.3 is 9.80 Å². The summed E-state index contributed by atoms with van der Waals surface area (Å²) >= 11 is 0. The molecule has 3 aliphatic heterocycles. The smallest absolute Gasteiger partial charge is 0.223 e. The first-order valence-electron chi connectivity index (χ1n) is 10.5. The Morgan fingerprint density at radius 1 is 1.27 bits per heavy atom. The molecule has 26 heavy (non-hydrogen) atoms. The lowest BCUT2D eigenvalue weighted by atomic mass is 9.71. The van der Waals surface area contributed by atoms with Crippen molar-refractivity contribution in [2.24, 2.45) is 17.8 Å². The van der Waals surface area contributed by atoms with E-state index < -0.39 is 0 Å². The van der Waals surface area contributed by atoms with Crippen molar-refractivity contribution in [1.29, 1.82) is 0 Å². The van der Waals surface area contributed by atoms with Gasteiger partial charge in [0.1, 0.15) is 5.82 Å². The van der Waals surface area contributed by atoms with Crippen LogP contribution in [0.15, 0.2) is 18.3 Å². The Balaban J connectivity index is 1.60. The Morgan fingerprint density at radius 3 is 2.85 bits per heavy atom. The summed E-state index contributed by atoms with van der Waals surface area (Å²) in [6, 6.07) is 5.17. The molecule has 4 heteroatoms. The molecule has 3 fully saturated rings. The van der Waals surface area contributed by atoms with Gasteiger partial charge in [0.05, 0.1) is 0 Å². The fourth-order valence-corrected chi connectivity index (χ4v) is 5.53. The van der Waals surface area contributed by atoms with Crippen LogP contribution in [0.1, 0.15) is 57.9 Å². The van der Waals surface area contributed by atoms with Gasteiger partial charge in [0, 0.05) is 37.8 Å². The van der Waals surface area contributed by atoms with Crippen LogP contribution in [0, 0.1) is 24.7 Å². The van der Waals surface area contributed by atoms with Crippen LogP contribution in [0.2, 0.25) is 0 Å². The van der Waals surface area contributed by atoms with Gasteiger partial charge in [-0.1, -0.05) is 13.8 Å². The molecule has 1 aromatic rings. The number of nitrogens with zero attached hydrogens (tertiary/aromatic N) is 3. The number of aromatic nitrogens is 1. The van der Waals surface area contributed by atoms with Crippen LogP contribution in [0.5, 0.6) is 0 Å². The van der Waals surface area contributed by atoms with E-state index in [9.17, 15) is 4.79 Å². The lowest BCUT2D eigenvalue weighted by Gasteiger charge is -2.57. The van der Waals surface area contributed by atoms with E-state index in [0.29, 0.717) is 35.7 Å². The zero-order valence-corrected chi connectivity index (χ0v) is 16.5. The summed E-state index contributed by atoms with van der Waals surface area (Å²) in [5.41, 5.74) is 1.27. The van der Waals surface area contributed by atoms with E-state index in [1.807, 2.05) is 6.20 Å². The number of amides is 1. The van der Waals surface area contributed by atoms with Crippen LogP contribution in [-0.2, 0) is 4.79 Å². The predicted molar refractivity (Wildman–Crippen MR) is 105 cm³/mol. The molecule has 4 atom stereocenters. The number of pyridine rings is 1. The van der Waals surface area contributed by atoms with Gasteiger partial charge >= 0.3 is 0 Å². The SMILES string of the molecule is Cc1ccnc(N2C[C@H]3C[C@@H](C2)[C@H](CCC(C)C)N2C(=O)CCC[C@@H]32)c1. The Bertz CT molecular complexity index is 659. The molecule has 3 aliphatic rings. The highest BCUT2D eigenvalue weighted by Crippen LogP contribution is 2.43. The molecular weight excluding hydrogens is 322 g/mol. The van der Waals surface area contributed by atoms with E-state index in [2.05, 4.69) is 47.7 Å². The van der Waals surface area contributed by atoms with Crippen molar-refractivity contribution in [2.75, 3.05) is 18.0 Å². The van der Waals surface area contributed by atoms with E-state index in [-0.39, 0.29) is 0 Å². The van der Waals surface area contributed by atoms with Crippen LogP contribution in [-0.4, -0.2) is 41.0 Å². The highest BCUT2D eigenvalue weighted by Gasteiger charge is 2.49. The predicted octanol–water partition coefficient (Wildman–Crippen LogP) is 4.03. The zero-order valence-electron chi connectivity index (χ0n) is 16.5. The Hall–Kier alpha value is -1.58. The number of aryl methyl sites for hydroxylation is 1. The second-order valence-electron chi connectivity index (χ2n) is 9.15. The van der Waals surface area contributed by atoms with Gasteiger partial charge in [-0.2, -0.15) is 0 Å². The quantitative estimate of drug-likeness (QED) is 0.818. The van der Waals surface area contributed by atoms with Gasteiger partial charge in [0.25, 0.3) is 0 Å². The zero-order chi connectivity index (χ0) is 18.3. The van der Waals surface area contributed by atoms with E-state index in [1.54, 1.807) is 0 Å². The van der Waals surface area contributed by atoms with Crippen LogP contribution >= 0.6 is 0 Å². The summed E-state index contributed by atoms with van der Waals surface area (Å²) in [7, 11) is 0. The highest BCUT2D eigenvalue weighted by molar-refractivity contribution is 5.78. The molecule has 0 unspecified atom stereocenters.